The van der Waals surface area contributed by atoms with Gasteiger partial charge in [0.1, 0.15) is 0 Å². The number of nitrogens with one attached hydrogen (secondary N) is 1. The lowest BCUT2D eigenvalue weighted by atomic mass is 10.1. The van der Waals surface area contributed by atoms with Crippen LogP contribution in [0.1, 0.15) is 29.3 Å². The third-order valence-electron chi connectivity index (χ3n) is 3.22. The molecular weight excluding hydrogens is 310 g/mol. The van der Waals surface area contributed by atoms with Crippen LogP contribution in [0.15, 0.2) is 65.6 Å². The number of allylic oxidation sites excluding steroid dienone is 1. The van der Waals surface area contributed by atoms with Gasteiger partial charge in [0.2, 0.25) is 10.0 Å². The summed E-state index contributed by atoms with van der Waals surface area (Å²) in [6.45, 7) is 2.28. The zero-order chi connectivity index (χ0) is 16.7. The van der Waals surface area contributed by atoms with Gasteiger partial charge in [-0.05, 0) is 42.3 Å². The van der Waals surface area contributed by atoms with Gasteiger partial charge in [0, 0.05) is 12.1 Å². The number of carbonyl (C=O) groups excluding carboxylic acids is 1. The van der Waals surface area contributed by atoms with Crippen LogP contribution < -0.4 is 4.72 Å². The van der Waals surface area contributed by atoms with Gasteiger partial charge in [-0.1, -0.05) is 43.3 Å². The molecule has 0 saturated carbocycles. The summed E-state index contributed by atoms with van der Waals surface area (Å²) in [5.41, 5.74) is 1.38. The fraction of sp³-hybridized carbons (Fsp3) is 0.167. The van der Waals surface area contributed by atoms with E-state index in [1.807, 2.05) is 37.3 Å². The Morgan fingerprint density at radius 1 is 1.04 bits per heavy atom. The molecule has 23 heavy (non-hydrogen) atoms. The third-order valence-corrected chi connectivity index (χ3v) is 4.69. The predicted molar refractivity (Wildman–Crippen MR) is 91.7 cm³/mol. The molecular formula is C18H19NO3S. The Balaban J connectivity index is 2.10. The van der Waals surface area contributed by atoms with Crippen LogP contribution in [-0.2, 0) is 10.0 Å². The van der Waals surface area contributed by atoms with E-state index in [-0.39, 0.29) is 10.7 Å². The zero-order valence-corrected chi connectivity index (χ0v) is 13.7. The van der Waals surface area contributed by atoms with Gasteiger partial charge >= 0.3 is 0 Å². The molecule has 2 rings (SSSR count). The highest BCUT2D eigenvalue weighted by Crippen LogP contribution is 2.12. The molecule has 4 nitrogen and oxygen atoms in total. The van der Waals surface area contributed by atoms with Gasteiger partial charge in [-0.2, -0.15) is 0 Å². The highest BCUT2D eigenvalue weighted by atomic mass is 32.2. The highest BCUT2D eigenvalue weighted by Gasteiger charge is 2.13. The maximum absolute atomic E-state index is 12.1. The van der Waals surface area contributed by atoms with Crippen molar-refractivity contribution in [2.45, 2.75) is 18.2 Å². The average Bonchev–Trinajstić information content (AvgIpc) is 2.59. The largest absolute Gasteiger partial charge is 0.289 e. The molecule has 5 heteroatoms. The molecule has 2 aromatic rings. The molecule has 0 heterocycles. The normalized spacial score (nSPS) is 11.7. The van der Waals surface area contributed by atoms with Crippen LogP contribution in [0, 0.1) is 0 Å². The monoisotopic (exact) mass is 329 g/mol. The summed E-state index contributed by atoms with van der Waals surface area (Å²) < 4.78 is 26.4. The van der Waals surface area contributed by atoms with Crippen molar-refractivity contribution < 1.29 is 13.2 Å². The standard InChI is InChI=1S/C18H19NO3S/c1-2-14-19-23(21,22)17-11-9-16(10-12-17)18(20)13-8-15-6-4-3-5-7-15/h3-13,19H,2,14H2,1H3/b13-8+. The van der Waals surface area contributed by atoms with E-state index >= 15 is 0 Å². The molecule has 0 aliphatic carbocycles. The van der Waals surface area contributed by atoms with E-state index in [2.05, 4.69) is 4.72 Å². The number of hydrogen-bond acceptors (Lipinski definition) is 3. The minimum absolute atomic E-state index is 0.162. The molecule has 1 N–H and O–H groups in total. The summed E-state index contributed by atoms with van der Waals surface area (Å²) in [5, 5.41) is 0. The predicted octanol–water partition coefficient (Wildman–Crippen LogP) is 3.27. The van der Waals surface area contributed by atoms with E-state index in [0.717, 1.165) is 12.0 Å². The lowest BCUT2D eigenvalue weighted by Crippen LogP contribution is -2.24. The first-order chi connectivity index (χ1) is 11.0. The fourth-order valence-corrected chi connectivity index (χ4v) is 3.08. The van der Waals surface area contributed by atoms with E-state index in [1.165, 1.54) is 30.3 Å². The van der Waals surface area contributed by atoms with E-state index in [4.69, 9.17) is 0 Å². The van der Waals surface area contributed by atoms with Crippen LogP contribution in [0.2, 0.25) is 0 Å². The molecule has 0 spiro atoms. The van der Waals surface area contributed by atoms with Crippen LogP contribution in [-0.4, -0.2) is 20.7 Å². The summed E-state index contributed by atoms with van der Waals surface area (Å²) in [6.07, 6.45) is 3.93. The Kier molecular flexibility index (Phi) is 5.84. The molecule has 0 unspecified atom stereocenters. The van der Waals surface area contributed by atoms with Crippen LogP contribution >= 0.6 is 0 Å². The number of carbonyl (C=O) groups is 1. The van der Waals surface area contributed by atoms with Crippen molar-refractivity contribution >= 4 is 21.9 Å². The summed E-state index contributed by atoms with van der Waals surface area (Å²) in [5.74, 6) is -0.167. The first-order valence-electron chi connectivity index (χ1n) is 7.40. The smallest absolute Gasteiger partial charge is 0.240 e. The van der Waals surface area contributed by atoms with E-state index < -0.39 is 10.0 Å². The lowest BCUT2D eigenvalue weighted by molar-refractivity contribution is 0.104. The topological polar surface area (TPSA) is 63.2 Å². The Bertz CT molecular complexity index is 779. The first kappa shape index (κ1) is 17.1. The summed E-state index contributed by atoms with van der Waals surface area (Å²) in [6, 6.07) is 15.4. The highest BCUT2D eigenvalue weighted by molar-refractivity contribution is 7.89. The first-order valence-corrected chi connectivity index (χ1v) is 8.88. The maximum Gasteiger partial charge on any atom is 0.240 e. The number of rotatable bonds is 7. The van der Waals surface area contributed by atoms with E-state index in [0.29, 0.717) is 12.1 Å². The third kappa shape index (κ3) is 4.87. The van der Waals surface area contributed by atoms with E-state index in [1.54, 1.807) is 6.08 Å². The van der Waals surface area contributed by atoms with Crippen LogP contribution in [0.5, 0.6) is 0 Å². The zero-order valence-electron chi connectivity index (χ0n) is 12.9. The Morgan fingerprint density at radius 3 is 2.30 bits per heavy atom. The van der Waals surface area contributed by atoms with Gasteiger partial charge < -0.3 is 0 Å². The summed E-state index contributed by atoms with van der Waals surface area (Å²) in [4.78, 5) is 12.3. The van der Waals surface area contributed by atoms with Crippen LogP contribution in [0.25, 0.3) is 6.08 Å². The Hall–Kier alpha value is -2.24. The van der Waals surface area contributed by atoms with Gasteiger partial charge in [0.15, 0.2) is 5.78 Å². The minimum atomic E-state index is -3.50. The van der Waals surface area contributed by atoms with Crippen molar-refractivity contribution in [2.24, 2.45) is 0 Å². The number of benzene rings is 2. The quantitative estimate of drug-likeness (QED) is 0.626. The summed E-state index contributed by atoms with van der Waals surface area (Å²) in [7, 11) is -3.50. The van der Waals surface area contributed by atoms with Crippen molar-refractivity contribution in [1.29, 1.82) is 0 Å². The van der Waals surface area contributed by atoms with Gasteiger partial charge in [-0.25, -0.2) is 13.1 Å². The average molecular weight is 329 g/mol. The van der Waals surface area contributed by atoms with Gasteiger partial charge in [-0.15, -0.1) is 0 Å². The van der Waals surface area contributed by atoms with Gasteiger partial charge in [0.25, 0.3) is 0 Å². The number of ketones is 1. The van der Waals surface area contributed by atoms with E-state index in [9.17, 15) is 13.2 Å². The molecule has 0 aliphatic heterocycles. The molecule has 0 amide bonds. The molecule has 0 bridgehead atoms. The second kappa shape index (κ2) is 7.85. The second-order valence-corrected chi connectivity index (χ2v) is 6.80. The fourth-order valence-electron chi connectivity index (χ4n) is 1.95. The molecule has 0 radical (unpaired) electrons. The molecule has 0 aromatic heterocycles. The molecule has 0 aliphatic rings. The molecule has 120 valence electrons. The second-order valence-electron chi connectivity index (χ2n) is 5.03. The number of sulfonamides is 1. The number of hydrogen-bond donors (Lipinski definition) is 1. The lowest BCUT2D eigenvalue weighted by Gasteiger charge is -2.05. The Morgan fingerprint density at radius 2 is 1.70 bits per heavy atom. The van der Waals surface area contributed by atoms with Crippen molar-refractivity contribution in [3.05, 3.63) is 71.8 Å². The molecule has 0 atom stereocenters. The molecule has 2 aromatic carbocycles. The van der Waals surface area contributed by atoms with Crippen molar-refractivity contribution in [3.63, 3.8) is 0 Å². The summed E-state index contributed by atoms with van der Waals surface area (Å²) >= 11 is 0. The van der Waals surface area contributed by atoms with Crippen molar-refractivity contribution in [3.8, 4) is 0 Å². The SMILES string of the molecule is CCCNS(=O)(=O)c1ccc(C(=O)/C=C/c2ccccc2)cc1. The van der Waals surface area contributed by atoms with Crippen LogP contribution in [0.3, 0.4) is 0 Å². The molecule has 0 fully saturated rings. The van der Waals surface area contributed by atoms with Crippen molar-refractivity contribution in [1.82, 2.24) is 4.72 Å². The van der Waals surface area contributed by atoms with Crippen LogP contribution in [0.4, 0.5) is 0 Å². The molecule has 0 saturated heterocycles. The minimum Gasteiger partial charge on any atom is -0.289 e. The van der Waals surface area contributed by atoms with Gasteiger partial charge in [-0.3, -0.25) is 4.79 Å². The van der Waals surface area contributed by atoms with Gasteiger partial charge in [0.05, 0.1) is 4.90 Å². The maximum atomic E-state index is 12.1. The Labute approximate surface area is 136 Å². The van der Waals surface area contributed by atoms with Crippen molar-refractivity contribution in [2.75, 3.05) is 6.54 Å².